The molecule has 0 aliphatic carbocycles. The van der Waals surface area contributed by atoms with Gasteiger partial charge in [0.1, 0.15) is 11.4 Å². The van der Waals surface area contributed by atoms with Crippen molar-refractivity contribution >= 4 is 23.4 Å². The van der Waals surface area contributed by atoms with Crippen LogP contribution in [0, 0.1) is 13.8 Å². The van der Waals surface area contributed by atoms with Gasteiger partial charge in [0.2, 0.25) is 5.16 Å². The van der Waals surface area contributed by atoms with Gasteiger partial charge in [0, 0.05) is 6.54 Å². The number of nitrogens with zero attached hydrogens (tertiary/aromatic N) is 5. The number of carbonyl (C=O) groups excluding carboxylic acids is 1. The van der Waals surface area contributed by atoms with Crippen LogP contribution in [0.2, 0.25) is 0 Å². The fourth-order valence-electron chi connectivity index (χ4n) is 2.97. The quantitative estimate of drug-likeness (QED) is 0.431. The lowest BCUT2D eigenvalue weighted by Gasteiger charge is -2.11. The van der Waals surface area contributed by atoms with E-state index in [1.165, 1.54) is 9.25 Å². The summed E-state index contributed by atoms with van der Waals surface area (Å²) in [4.78, 5) is 38.9. The van der Waals surface area contributed by atoms with Gasteiger partial charge in [-0.2, -0.15) is 4.68 Å². The Balaban J connectivity index is 1.86. The maximum atomic E-state index is 12.7. The maximum absolute atomic E-state index is 12.7. The molecule has 2 aromatic heterocycles. The number of rotatable bonds is 7. The summed E-state index contributed by atoms with van der Waals surface area (Å²) in [5.74, 6) is -0.739. The molecule has 0 amide bonds. The Morgan fingerprint density at radius 2 is 2.03 bits per heavy atom. The lowest BCUT2D eigenvalue weighted by Crippen LogP contribution is -2.36. The number of nitrogens with one attached hydrogen (secondary N) is 1. The maximum Gasteiger partial charge on any atom is 0.329 e. The lowest BCUT2D eigenvalue weighted by atomic mass is 10.1. The Morgan fingerprint density at radius 1 is 1.28 bits per heavy atom. The minimum atomic E-state index is -0.792. The number of thioether (sulfide) groups is 1. The first-order valence-corrected chi connectivity index (χ1v) is 9.96. The molecule has 3 rings (SSSR count). The number of Topliss-reactive ketones (excluding diaryl/α,β-unsaturated/α-hetero) is 1. The van der Waals surface area contributed by atoms with Gasteiger partial charge < -0.3 is 5.73 Å². The van der Waals surface area contributed by atoms with Crippen molar-refractivity contribution in [1.29, 1.82) is 0 Å². The number of aromatic nitrogens is 6. The number of hydrogen-bond donors (Lipinski definition) is 2. The summed E-state index contributed by atoms with van der Waals surface area (Å²) in [6.45, 7) is 6.10. The van der Waals surface area contributed by atoms with Crippen molar-refractivity contribution in [3.05, 3.63) is 55.7 Å². The molecule has 0 atom stereocenters. The van der Waals surface area contributed by atoms with Crippen molar-refractivity contribution in [1.82, 2.24) is 29.8 Å². The molecule has 10 nitrogen and oxygen atoms in total. The summed E-state index contributed by atoms with van der Waals surface area (Å²) in [6, 6.07) is 5.85. The number of hydrogen-bond acceptors (Lipinski definition) is 8. The van der Waals surface area contributed by atoms with E-state index in [1.807, 2.05) is 39.0 Å². The summed E-state index contributed by atoms with van der Waals surface area (Å²) in [5.41, 5.74) is 7.19. The van der Waals surface area contributed by atoms with Crippen molar-refractivity contribution in [3.63, 3.8) is 0 Å². The van der Waals surface area contributed by atoms with Gasteiger partial charge >= 0.3 is 5.69 Å². The minimum absolute atomic E-state index is 0.108. The molecular formula is C18H21N7O3S. The average Bonchev–Trinajstić information content (AvgIpc) is 3.11. The molecular weight excluding hydrogens is 394 g/mol. The van der Waals surface area contributed by atoms with Crippen LogP contribution in [0.4, 0.5) is 5.82 Å². The second kappa shape index (κ2) is 8.43. The molecule has 29 heavy (non-hydrogen) atoms. The van der Waals surface area contributed by atoms with E-state index in [9.17, 15) is 14.4 Å². The molecule has 0 radical (unpaired) electrons. The first-order valence-electron chi connectivity index (χ1n) is 8.98. The van der Waals surface area contributed by atoms with Gasteiger partial charge in [0.05, 0.1) is 11.4 Å². The Labute approximate surface area is 170 Å². The molecule has 3 N–H and O–H groups in total. The summed E-state index contributed by atoms with van der Waals surface area (Å²) in [6.07, 6.45) is 0.628. The third-order valence-electron chi connectivity index (χ3n) is 4.32. The normalized spacial score (nSPS) is 11.0. The minimum Gasteiger partial charge on any atom is -0.384 e. The second-order valence-corrected chi connectivity index (χ2v) is 7.49. The Morgan fingerprint density at radius 3 is 2.72 bits per heavy atom. The average molecular weight is 415 g/mol. The van der Waals surface area contributed by atoms with Crippen LogP contribution < -0.4 is 17.0 Å². The van der Waals surface area contributed by atoms with Gasteiger partial charge in [-0.1, -0.05) is 36.4 Å². The molecule has 2 heterocycles. The van der Waals surface area contributed by atoms with Gasteiger partial charge in [0.25, 0.3) is 5.56 Å². The predicted octanol–water partition coefficient (Wildman–Crippen LogP) is 1.10. The molecule has 0 saturated carbocycles. The van der Waals surface area contributed by atoms with Crippen LogP contribution in [0.15, 0.2) is 32.9 Å². The second-order valence-electron chi connectivity index (χ2n) is 6.55. The van der Waals surface area contributed by atoms with Crippen molar-refractivity contribution in [2.75, 3.05) is 11.5 Å². The van der Waals surface area contributed by atoms with Crippen LogP contribution in [0.5, 0.6) is 0 Å². The van der Waals surface area contributed by atoms with E-state index < -0.39 is 17.0 Å². The predicted molar refractivity (Wildman–Crippen MR) is 110 cm³/mol. The molecule has 152 valence electrons. The van der Waals surface area contributed by atoms with Gasteiger partial charge in [-0.05, 0) is 42.3 Å². The number of benzene rings is 1. The van der Waals surface area contributed by atoms with E-state index >= 15 is 0 Å². The SMILES string of the molecule is CCCn1c(N)c(C(=O)CSc2nnnn2-c2ccc(C)cc2C)c(=O)[nH]c1=O. The highest BCUT2D eigenvalue weighted by molar-refractivity contribution is 7.99. The number of aryl methyl sites for hydroxylation is 2. The summed E-state index contributed by atoms with van der Waals surface area (Å²) in [7, 11) is 0. The number of ketones is 1. The highest BCUT2D eigenvalue weighted by atomic mass is 32.2. The zero-order valence-corrected chi connectivity index (χ0v) is 17.1. The van der Waals surface area contributed by atoms with Crippen LogP contribution in [-0.4, -0.2) is 41.3 Å². The molecule has 0 aliphatic rings. The Hall–Kier alpha value is -3.21. The van der Waals surface area contributed by atoms with Crippen molar-refractivity contribution in [2.45, 2.75) is 38.9 Å². The number of tetrazole rings is 1. The molecule has 3 aromatic rings. The van der Waals surface area contributed by atoms with E-state index in [-0.39, 0.29) is 17.1 Å². The van der Waals surface area contributed by atoms with Crippen LogP contribution in [0.25, 0.3) is 5.69 Å². The number of carbonyl (C=O) groups is 1. The van der Waals surface area contributed by atoms with Gasteiger partial charge in [-0.3, -0.25) is 19.1 Å². The Bertz CT molecular complexity index is 1180. The molecule has 0 unspecified atom stereocenters. The smallest absolute Gasteiger partial charge is 0.329 e. The molecule has 0 fully saturated rings. The largest absolute Gasteiger partial charge is 0.384 e. The van der Waals surface area contributed by atoms with E-state index in [0.717, 1.165) is 28.6 Å². The van der Waals surface area contributed by atoms with Crippen molar-refractivity contribution in [3.8, 4) is 5.69 Å². The molecule has 0 saturated heterocycles. The van der Waals surface area contributed by atoms with Crippen LogP contribution in [0.1, 0.15) is 34.8 Å². The summed E-state index contributed by atoms with van der Waals surface area (Å²) < 4.78 is 2.73. The number of aromatic amines is 1. The van der Waals surface area contributed by atoms with Crippen LogP contribution in [-0.2, 0) is 6.54 Å². The van der Waals surface area contributed by atoms with Crippen molar-refractivity contribution < 1.29 is 4.79 Å². The van der Waals surface area contributed by atoms with Gasteiger partial charge in [-0.15, -0.1) is 5.10 Å². The first kappa shape index (κ1) is 20.5. The standard InChI is InChI=1S/C18H21N7O3S/c1-4-7-24-15(19)14(16(27)20-17(24)28)13(26)9-29-18-21-22-23-25(18)12-6-5-10(2)8-11(12)3/h5-6,8H,4,7,9,19H2,1-3H3,(H,20,27,28). The molecule has 0 bridgehead atoms. The highest BCUT2D eigenvalue weighted by Crippen LogP contribution is 2.22. The zero-order valence-electron chi connectivity index (χ0n) is 16.3. The van der Waals surface area contributed by atoms with E-state index in [2.05, 4.69) is 20.5 Å². The van der Waals surface area contributed by atoms with Crippen LogP contribution in [0.3, 0.4) is 0 Å². The lowest BCUT2D eigenvalue weighted by molar-refractivity contribution is 0.102. The monoisotopic (exact) mass is 415 g/mol. The summed E-state index contributed by atoms with van der Waals surface area (Å²) in [5, 5.41) is 12.1. The zero-order chi connectivity index (χ0) is 21.1. The fourth-order valence-corrected chi connectivity index (χ4v) is 3.72. The number of H-pyrrole nitrogens is 1. The third kappa shape index (κ3) is 4.14. The van der Waals surface area contributed by atoms with E-state index in [4.69, 9.17) is 5.73 Å². The summed E-state index contributed by atoms with van der Waals surface area (Å²) >= 11 is 1.09. The molecule has 0 aliphatic heterocycles. The van der Waals surface area contributed by atoms with Crippen LogP contribution >= 0.6 is 11.8 Å². The number of anilines is 1. The first-order chi connectivity index (χ1) is 13.8. The highest BCUT2D eigenvalue weighted by Gasteiger charge is 2.21. The number of nitrogens with two attached hydrogens (primary N) is 1. The molecule has 0 spiro atoms. The van der Waals surface area contributed by atoms with E-state index in [0.29, 0.717) is 18.1 Å². The molecule has 11 heteroatoms. The molecule has 1 aromatic carbocycles. The van der Waals surface area contributed by atoms with Gasteiger partial charge in [0.15, 0.2) is 5.78 Å². The van der Waals surface area contributed by atoms with E-state index in [1.54, 1.807) is 0 Å². The topological polar surface area (TPSA) is 142 Å². The number of nitrogen functional groups attached to an aromatic ring is 1. The fraction of sp³-hybridized carbons (Fsp3) is 0.333. The van der Waals surface area contributed by atoms with Gasteiger partial charge in [-0.25, -0.2) is 4.79 Å². The Kier molecular flexibility index (Phi) is 5.97. The van der Waals surface area contributed by atoms with Crippen molar-refractivity contribution in [2.24, 2.45) is 0 Å². The third-order valence-corrected chi connectivity index (χ3v) is 5.24.